The lowest BCUT2D eigenvalue weighted by Gasteiger charge is -2.42. The van der Waals surface area contributed by atoms with E-state index in [1.807, 2.05) is 30.3 Å². The van der Waals surface area contributed by atoms with Crippen LogP contribution in [0.3, 0.4) is 0 Å². The van der Waals surface area contributed by atoms with Crippen LogP contribution < -0.4 is 20.5 Å². The number of ether oxygens (including phenoxy) is 2. The number of carboxylic acid groups (broad SMARTS) is 2. The third kappa shape index (κ3) is 7.42. The molecule has 4 unspecified atom stereocenters. The molecule has 4 atom stereocenters. The zero-order valence-electron chi connectivity index (χ0n) is 22.5. The summed E-state index contributed by atoms with van der Waals surface area (Å²) in [7, 11) is 0. The highest BCUT2D eigenvalue weighted by molar-refractivity contribution is 5.96. The first-order valence-corrected chi connectivity index (χ1v) is 13.1. The minimum atomic E-state index is -1.58. The van der Waals surface area contributed by atoms with E-state index in [2.05, 4.69) is 5.32 Å². The number of benzene rings is 3. The summed E-state index contributed by atoms with van der Waals surface area (Å²) in [5, 5.41) is 31.6. The first-order chi connectivity index (χ1) is 20.1. The maximum absolute atomic E-state index is 12.8. The minimum absolute atomic E-state index is 0.0498. The van der Waals surface area contributed by atoms with Gasteiger partial charge in [-0.25, -0.2) is 4.79 Å². The lowest BCUT2D eigenvalue weighted by molar-refractivity contribution is -0.160. The van der Waals surface area contributed by atoms with Crippen molar-refractivity contribution in [3.63, 3.8) is 0 Å². The van der Waals surface area contributed by atoms with Gasteiger partial charge in [-0.3, -0.25) is 14.4 Å². The van der Waals surface area contributed by atoms with Gasteiger partial charge in [0.25, 0.3) is 5.91 Å². The van der Waals surface area contributed by atoms with Crippen molar-refractivity contribution in [3.8, 4) is 11.5 Å². The number of nitrogens with two attached hydrogens (primary N) is 1. The van der Waals surface area contributed by atoms with Gasteiger partial charge in [0.05, 0.1) is 13.2 Å². The third-order valence-electron chi connectivity index (χ3n) is 6.73. The van der Waals surface area contributed by atoms with Crippen LogP contribution in [0.1, 0.15) is 35.3 Å². The van der Waals surface area contributed by atoms with E-state index in [0.717, 1.165) is 10.5 Å². The summed E-state index contributed by atoms with van der Waals surface area (Å²) in [5.74, 6) is -2.82. The zero-order valence-corrected chi connectivity index (χ0v) is 22.5. The number of hydrogen-bond donors (Lipinski definition) is 5. The van der Waals surface area contributed by atoms with Crippen LogP contribution in [-0.2, 0) is 25.8 Å². The number of β-lactam (4-membered cyclic amide) rings is 1. The summed E-state index contributed by atoms with van der Waals surface area (Å²) in [5.41, 5.74) is 7.02. The number of carbonyl (C=O) groups excluding carboxylic acids is 2. The van der Waals surface area contributed by atoms with E-state index in [9.17, 15) is 29.4 Å². The van der Waals surface area contributed by atoms with Crippen molar-refractivity contribution in [2.24, 2.45) is 5.73 Å². The second-order valence-corrected chi connectivity index (χ2v) is 9.69. The minimum Gasteiger partial charge on any atom is -0.494 e. The molecule has 3 aromatic carbocycles. The van der Waals surface area contributed by atoms with Crippen molar-refractivity contribution < 1.29 is 44.0 Å². The molecule has 3 aromatic rings. The maximum Gasteiger partial charge on any atom is 0.331 e. The molecule has 1 saturated heterocycles. The topological polar surface area (TPSA) is 189 Å². The van der Waals surface area contributed by atoms with Crippen LogP contribution >= 0.6 is 0 Å². The molecule has 0 bridgehead atoms. The molecule has 12 nitrogen and oxygen atoms in total. The predicted molar refractivity (Wildman–Crippen MR) is 148 cm³/mol. The number of aliphatic carboxylic acids is 2. The smallest absolute Gasteiger partial charge is 0.331 e. The summed E-state index contributed by atoms with van der Waals surface area (Å²) in [6.45, 7) is 0.369. The molecule has 1 heterocycles. The number of carboxylic acids is 2. The molecule has 2 amide bonds. The van der Waals surface area contributed by atoms with Gasteiger partial charge < -0.3 is 40.7 Å². The van der Waals surface area contributed by atoms with Crippen molar-refractivity contribution in [3.05, 3.63) is 95.6 Å². The largest absolute Gasteiger partial charge is 0.494 e. The lowest BCUT2D eigenvalue weighted by Crippen LogP contribution is -2.65. The van der Waals surface area contributed by atoms with Crippen molar-refractivity contribution in [1.82, 2.24) is 10.2 Å². The highest BCUT2D eigenvalue weighted by Gasteiger charge is 2.45. The molecule has 12 heteroatoms. The van der Waals surface area contributed by atoms with Crippen molar-refractivity contribution in [2.75, 3.05) is 13.2 Å². The summed E-state index contributed by atoms with van der Waals surface area (Å²) in [6, 6.07) is 18.6. The molecule has 220 valence electrons. The first kappa shape index (κ1) is 30.0. The van der Waals surface area contributed by atoms with E-state index in [1.165, 1.54) is 24.3 Å². The summed E-state index contributed by atoms with van der Waals surface area (Å²) in [4.78, 5) is 49.4. The second-order valence-electron chi connectivity index (χ2n) is 9.69. The lowest BCUT2D eigenvalue weighted by atomic mass is 9.97. The van der Waals surface area contributed by atoms with Gasteiger partial charge in [-0.1, -0.05) is 54.6 Å². The quantitative estimate of drug-likeness (QED) is 0.176. The van der Waals surface area contributed by atoms with E-state index in [0.29, 0.717) is 23.7 Å². The van der Waals surface area contributed by atoms with Gasteiger partial charge in [-0.2, -0.15) is 0 Å². The monoisotopic (exact) mass is 577 g/mol. The van der Waals surface area contributed by atoms with Gasteiger partial charge in [-0.05, 0) is 41.0 Å². The molecular weight excluding hydrogens is 546 g/mol. The Bertz CT molecular complexity index is 1400. The standard InChI is InChI=1S/C30H31N3O9/c31-23(29(37)38)14-15-41-21-12-8-20(9-13-21)26(34)27(35)32-24-16-33(28(24)36)25(30(39)40)19-6-10-22(11-7-19)42-17-18-4-2-1-3-5-18/h1-13,23-26,34H,14-17,31H2,(H,32,35)(H,37,38)(H,39,40). The predicted octanol–water partition coefficient (Wildman–Crippen LogP) is 1.63. The molecule has 0 radical (unpaired) electrons. The molecule has 0 saturated carbocycles. The Labute approximate surface area is 241 Å². The molecule has 0 aromatic heterocycles. The molecule has 1 aliphatic heterocycles. The van der Waals surface area contributed by atoms with Crippen LogP contribution in [0.5, 0.6) is 11.5 Å². The van der Waals surface area contributed by atoms with Crippen LogP contribution in [0, 0.1) is 0 Å². The summed E-state index contributed by atoms with van der Waals surface area (Å²) >= 11 is 0. The van der Waals surface area contributed by atoms with Gasteiger partial charge in [0.2, 0.25) is 5.91 Å². The van der Waals surface area contributed by atoms with Gasteiger partial charge in [0.15, 0.2) is 12.1 Å². The Hall–Kier alpha value is -4.94. The van der Waals surface area contributed by atoms with E-state index in [1.54, 1.807) is 24.3 Å². The van der Waals surface area contributed by atoms with E-state index in [4.69, 9.17) is 20.3 Å². The average molecular weight is 578 g/mol. The number of rotatable bonds is 14. The number of nitrogens with zero attached hydrogens (tertiary/aromatic N) is 1. The second kappa shape index (κ2) is 13.6. The fraction of sp³-hybridized carbons (Fsp3) is 0.267. The normalized spacial score (nSPS) is 16.5. The first-order valence-electron chi connectivity index (χ1n) is 13.1. The highest BCUT2D eigenvalue weighted by atomic mass is 16.5. The van der Waals surface area contributed by atoms with E-state index < -0.39 is 48.0 Å². The Morgan fingerprint density at radius 2 is 1.48 bits per heavy atom. The van der Waals surface area contributed by atoms with Gasteiger partial charge in [0, 0.05) is 6.42 Å². The molecule has 4 rings (SSSR count). The molecule has 6 N–H and O–H groups in total. The van der Waals surface area contributed by atoms with Crippen LogP contribution in [0.2, 0.25) is 0 Å². The Morgan fingerprint density at radius 3 is 2.05 bits per heavy atom. The van der Waals surface area contributed by atoms with Crippen LogP contribution in [0.25, 0.3) is 0 Å². The van der Waals surface area contributed by atoms with Crippen LogP contribution in [-0.4, -0.2) is 69.2 Å². The molecular formula is C30H31N3O9. The number of nitrogens with one attached hydrogen (secondary N) is 1. The van der Waals surface area contributed by atoms with Crippen molar-refractivity contribution in [2.45, 2.75) is 37.3 Å². The number of amides is 2. The van der Waals surface area contributed by atoms with Gasteiger partial charge in [-0.15, -0.1) is 0 Å². The highest BCUT2D eigenvalue weighted by Crippen LogP contribution is 2.29. The van der Waals surface area contributed by atoms with Gasteiger partial charge >= 0.3 is 11.9 Å². The number of aliphatic hydroxyl groups excluding tert-OH is 1. The maximum atomic E-state index is 12.8. The summed E-state index contributed by atoms with van der Waals surface area (Å²) < 4.78 is 11.2. The molecule has 1 aliphatic rings. The molecule has 42 heavy (non-hydrogen) atoms. The Kier molecular flexibility index (Phi) is 9.73. The number of carbonyl (C=O) groups is 4. The van der Waals surface area contributed by atoms with Crippen LogP contribution in [0.4, 0.5) is 0 Å². The molecule has 1 fully saturated rings. The van der Waals surface area contributed by atoms with E-state index >= 15 is 0 Å². The number of likely N-dealkylation sites (tertiary alicyclic amines) is 1. The van der Waals surface area contributed by atoms with Crippen molar-refractivity contribution >= 4 is 23.8 Å². The molecule has 0 spiro atoms. The molecule has 0 aliphatic carbocycles. The average Bonchev–Trinajstić information content (AvgIpc) is 2.99. The summed E-state index contributed by atoms with van der Waals surface area (Å²) in [6.07, 6.45) is -1.48. The fourth-order valence-electron chi connectivity index (χ4n) is 4.31. The Morgan fingerprint density at radius 1 is 0.881 bits per heavy atom. The van der Waals surface area contributed by atoms with Crippen molar-refractivity contribution in [1.29, 1.82) is 0 Å². The van der Waals surface area contributed by atoms with Gasteiger partial charge in [0.1, 0.15) is 30.2 Å². The fourth-order valence-corrected chi connectivity index (χ4v) is 4.31. The third-order valence-corrected chi connectivity index (χ3v) is 6.73. The van der Waals surface area contributed by atoms with E-state index in [-0.39, 0.29) is 25.1 Å². The Balaban J connectivity index is 1.28. The number of hydrogen-bond acceptors (Lipinski definition) is 8. The number of aliphatic hydroxyl groups is 1. The SMILES string of the molecule is NC(CCOc1ccc(C(O)C(=O)NC2CN(C(C(=O)O)c3ccc(OCc4ccccc4)cc3)C2=O)cc1)C(=O)O. The van der Waals surface area contributed by atoms with Crippen LogP contribution in [0.15, 0.2) is 78.9 Å². The zero-order chi connectivity index (χ0) is 30.2.